The SMILES string of the molecule is CC(NC(=O)c1cc2n(n1)CCO2)(c1ccc(F)cc1)C(F)(F)F. The number of hydrogen-bond donors (Lipinski definition) is 1. The van der Waals surface area contributed by atoms with Crippen LogP contribution >= 0.6 is 0 Å². The second kappa shape index (κ2) is 5.50. The van der Waals surface area contributed by atoms with E-state index in [1.54, 1.807) is 0 Å². The molecular weight excluding hydrogens is 330 g/mol. The predicted molar refractivity (Wildman–Crippen MR) is 75.0 cm³/mol. The van der Waals surface area contributed by atoms with E-state index >= 15 is 0 Å². The van der Waals surface area contributed by atoms with E-state index in [1.807, 2.05) is 5.32 Å². The average molecular weight is 343 g/mol. The molecule has 0 bridgehead atoms. The molecule has 1 N–H and O–H groups in total. The van der Waals surface area contributed by atoms with Gasteiger partial charge in [-0.05, 0) is 24.6 Å². The van der Waals surface area contributed by atoms with Gasteiger partial charge < -0.3 is 10.1 Å². The van der Waals surface area contributed by atoms with Crippen molar-refractivity contribution in [3.8, 4) is 5.88 Å². The zero-order chi connectivity index (χ0) is 17.5. The number of carbonyl (C=O) groups excluding carboxylic acids is 1. The molecule has 1 aliphatic rings. The van der Waals surface area contributed by atoms with Gasteiger partial charge in [0.05, 0.1) is 6.54 Å². The molecule has 1 aromatic carbocycles. The number of halogens is 4. The van der Waals surface area contributed by atoms with Crippen molar-refractivity contribution >= 4 is 5.91 Å². The van der Waals surface area contributed by atoms with Crippen molar-refractivity contribution < 1.29 is 27.1 Å². The number of aromatic nitrogens is 2. The molecule has 1 aliphatic heterocycles. The molecule has 1 atom stereocenters. The molecule has 0 fully saturated rings. The fraction of sp³-hybridized carbons (Fsp3) is 0.333. The minimum Gasteiger partial charge on any atom is -0.476 e. The van der Waals surface area contributed by atoms with Crippen LogP contribution in [0.25, 0.3) is 0 Å². The van der Waals surface area contributed by atoms with Crippen molar-refractivity contribution in [1.82, 2.24) is 15.1 Å². The summed E-state index contributed by atoms with van der Waals surface area (Å²) < 4.78 is 60.3. The molecule has 0 saturated carbocycles. The fourth-order valence-electron chi connectivity index (χ4n) is 2.40. The van der Waals surface area contributed by atoms with E-state index in [1.165, 1.54) is 10.7 Å². The van der Waals surface area contributed by atoms with E-state index < -0.39 is 23.4 Å². The monoisotopic (exact) mass is 343 g/mol. The Labute approximate surface area is 134 Å². The Morgan fingerprint density at radius 1 is 1.29 bits per heavy atom. The number of benzene rings is 1. The summed E-state index contributed by atoms with van der Waals surface area (Å²) in [6.45, 7) is 1.65. The molecule has 2 aromatic rings. The summed E-state index contributed by atoms with van der Waals surface area (Å²) in [7, 11) is 0. The summed E-state index contributed by atoms with van der Waals surface area (Å²) in [6, 6.07) is 5.07. The first-order valence-electron chi connectivity index (χ1n) is 7.07. The maximum absolute atomic E-state index is 13.6. The lowest BCUT2D eigenvalue weighted by atomic mass is 9.91. The Kier molecular flexibility index (Phi) is 3.73. The van der Waals surface area contributed by atoms with Gasteiger partial charge in [0.1, 0.15) is 12.4 Å². The maximum atomic E-state index is 13.6. The largest absolute Gasteiger partial charge is 0.476 e. The van der Waals surface area contributed by atoms with Gasteiger partial charge in [0, 0.05) is 6.07 Å². The number of rotatable bonds is 3. The van der Waals surface area contributed by atoms with E-state index in [0.29, 0.717) is 19.0 Å². The highest BCUT2D eigenvalue weighted by Gasteiger charge is 2.53. The van der Waals surface area contributed by atoms with Gasteiger partial charge in [-0.15, -0.1) is 0 Å². The minimum absolute atomic E-state index is 0.178. The number of ether oxygens (including phenoxy) is 1. The molecule has 1 amide bonds. The number of alkyl halides is 3. The molecule has 24 heavy (non-hydrogen) atoms. The molecule has 0 spiro atoms. The molecule has 9 heteroatoms. The van der Waals surface area contributed by atoms with Crippen molar-refractivity contribution in [2.24, 2.45) is 0 Å². The summed E-state index contributed by atoms with van der Waals surface area (Å²) in [6.07, 6.45) is -4.79. The van der Waals surface area contributed by atoms with Crippen LogP contribution in [0.2, 0.25) is 0 Å². The third-order valence-electron chi connectivity index (χ3n) is 3.88. The Hall–Kier alpha value is -2.58. The fourth-order valence-corrected chi connectivity index (χ4v) is 2.40. The molecule has 1 aromatic heterocycles. The van der Waals surface area contributed by atoms with Crippen LogP contribution in [0, 0.1) is 5.82 Å². The highest BCUT2D eigenvalue weighted by atomic mass is 19.4. The summed E-state index contributed by atoms with van der Waals surface area (Å²) in [5.41, 5.74) is -3.15. The lowest BCUT2D eigenvalue weighted by molar-refractivity contribution is -0.192. The summed E-state index contributed by atoms with van der Waals surface area (Å²) in [5.74, 6) is -1.34. The standard InChI is InChI=1S/C15H13F4N3O2/c1-14(15(17,18)19,9-2-4-10(16)5-3-9)20-13(23)11-8-12-22(21-11)6-7-24-12/h2-5,8H,6-7H2,1H3,(H,20,23). The molecule has 128 valence electrons. The van der Waals surface area contributed by atoms with Crippen LogP contribution in [0.1, 0.15) is 23.0 Å². The van der Waals surface area contributed by atoms with Gasteiger partial charge in [-0.25, -0.2) is 9.07 Å². The molecule has 0 saturated heterocycles. The third-order valence-corrected chi connectivity index (χ3v) is 3.88. The Morgan fingerprint density at radius 3 is 2.54 bits per heavy atom. The highest BCUT2D eigenvalue weighted by molar-refractivity contribution is 5.93. The van der Waals surface area contributed by atoms with Gasteiger partial charge in [-0.3, -0.25) is 4.79 Å². The van der Waals surface area contributed by atoms with E-state index in [0.717, 1.165) is 31.2 Å². The first kappa shape index (κ1) is 16.3. The van der Waals surface area contributed by atoms with Crippen LogP contribution in [0.4, 0.5) is 17.6 Å². The second-order valence-electron chi connectivity index (χ2n) is 5.52. The van der Waals surface area contributed by atoms with Crippen LogP contribution in [-0.2, 0) is 12.1 Å². The Balaban J connectivity index is 1.91. The van der Waals surface area contributed by atoms with Gasteiger partial charge in [0.2, 0.25) is 5.88 Å². The molecule has 2 heterocycles. The number of fused-ring (bicyclic) bond motifs is 1. The van der Waals surface area contributed by atoms with E-state index in [9.17, 15) is 22.4 Å². The van der Waals surface area contributed by atoms with Gasteiger partial charge >= 0.3 is 6.18 Å². The van der Waals surface area contributed by atoms with Crippen molar-refractivity contribution in [3.05, 3.63) is 47.4 Å². The van der Waals surface area contributed by atoms with Crippen molar-refractivity contribution in [2.45, 2.75) is 25.2 Å². The van der Waals surface area contributed by atoms with Gasteiger partial charge in [-0.2, -0.15) is 18.3 Å². The van der Waals surface area contributed by atoms with Crippen LogP contribution in [0.5, 0.6) is 5.88 Å². The molecule has 5 nitrogen and oxygen atoms in total. The first-order valence-corrected chi connectivity index (χ1v) is 7.07. The predicted octanol–water partition coefficient (Wildman–Crippen LogP) is 2.62. The zero-order valence-electron chi connectivity index (χ0n) is 12.5. The summed E-state index contributed by atoms with van der Waals surface area (Å²) in [4.78, 5) is 12.2. The maximum Gasteiger partial charge on any atom is 0.415 e. The van der Waals surface area contributed by atoms with Crippen molar-refractivity contribution in [1.29, 1.82) is 0 Å². The second-order valence-corrected chi connectivity index (χ2v) is 5.52. The van der Waals surface area contributed by atoms with Crippen LogP contribution in [0.3, 0.4) is 0 Å². The molecule has 1 unspecified atom stereocenters. The van der Waals surface area contributed by atoms with Crippen LogP contribution < -0.4 is 10.1 Å². The Bertz CT molecular complexity index is 749. The number of nitrogens with one attached hydrogen (secondary N) is 1. The topological polar surface area (TPSA) is 56.2 Å². The summed E-state index contributed by atoms with van der Waals surface area (Å²) >= 11 is 0. The number of hydrogen-bond acceptors (Lipinski definition) is 3. The molecule has 0 radical (unpaired) electrons. The van der Waals surface area contributed by atoms with Crippen molar-refractivity contribution in [3.63, 3.8) is 0 Å². The van der Waals surface area contributed by atoms with Crippen molar-refractivity contribution in [2.75, 3.05) is 6.61 Å². The molecule has 3 rings (SSSR count). The van der Waals surface area contributed by atoms with Crippen LogP contribution in [0.15, 0.2) is 30.3 Å². The average Bonchev–Trinajstić information content (AvgIpc) is 3.07. The smallest absolute Gasteiger partial charge is 0.415 e. The lowest BCUT2D eigenvalue weighted by Gasteiger charge is -2.33. The number of amides is 1. The quantitative estimate of drug-likeness (QED) is 0.872. The van der Waals surface area contributed by atoms with E-state index in [-0.39, 0.29) is 11.3 Å². The van der Waals surface area contributed by atoms with Gasteiger partial charge in [-0.1, -0.05) is 12.1 Å². The van der Waals surface area contributed by atoms with E-state index in [4.69, 9.17) is 4.74 Å². The lowest BCUT2D eigenvalue weighted by Crippen LogP contribution is -2.54. The summed E-state index contributed by atoms with van der Waals surface area (Å²) in [5, 5.41) is 5.87. The highest BCUT2D eigenvalue weighted by Crippen LogP contribution is 2.39. The van der Waals surface area contributed by atoms with E-state index in [2.05, 4.69) is 5.10 Å². The van der Waals surface area contributed by atoms with Crippen LogP contribution in [-0.4, -0.2) is 28.5 Å². The third kappa shape index (κ3) is 2.70. The molecular formula is C15H13F4N3O2. The number of nitrogens with zero attached hydrogens (tertiary/aromatic N) is 2. The molecule has 0 aliphatic carbocycles. The van der Waals surface area contributed by atoms with Gasteiger partial charge in [0.25, 0.3) is 5.91 Å². The van der Waals surface area contributed by atoms with Gasteiger partial charge in [0.15, 0.2) is 11.2 Å². The number of carbonyl (C=O) groups is 1. The zero-order valence-corrected chi connectivity index (χ0v) is 12.5. The minimum atomic E-state index is -4.79. The normalized spacial score (nSPS) is 16.2. The first-order chi connectivity index (χ1) is 11.2. The Morgan fingerprint density at radius 2 is 1.96 bits per heavy atom.